The van der Waals surface area contributed by atoms with Crippen LogP contribution in [-0.2, 0) is 10.0 Å². The molecule has 0 aliphatic heterocycles. The number of nitrogens with one attached hydrogen (secondary N) is 1. The van der Waals surface area contributed by atoms with Gasteiger partial charge in [0.1, 0.15) is 11.8 Å². The minimum Gasteiger partial charge on any atom is -0.497 e. The zero-order valence-electron chi connectivity index (χ0n) is 12.2. The third-order valence-corrected chi connectivity index (χ3v) is 4.45. The topological polar surface area (TPSA) is 79.2 Å². The maximum absolute atomic E-state index is 12.3. The normalized spacial score (nSPS) is 11.6. The molecule has 0 atom stereocenters. The molecule has 0 saturated heterocycles. The maximum atomic E-state index is 12.3. The Kier molecular flexibility index (Phi) is 5.27. The van der Waals surface area contributed by atoms with Crippen LogP contribution >= 0.6 is 11.6 Å². The summed E-state index contributed by atoms with van der Waals surface area (Å²) in [6.45, 7) is 0. The lowest BCUT2D eigenvalue weighted by molar-refractivity contribution is 0.415. The van der Waals surface area contributed by atoms with E-state index in [1.807, 2.05) is 0 Å². The van der Waals surface area contributed by atoms with Crippen molar-refractivity contribution in [2.45, 2.75) is 0 Å². The van der Waals surface area contributed by atoms with Gasteiger partial charge in [0.05, 0.1) is 7.11 Å². The molecule has 23 heavy (non-hydrogen) atoms. The van der Waals surface area contributed by atoms with Crippen LogP contribution in [0.25, 0.3) is 6.08 Å². The fraction of sp³-hybridized carbons (Fsp3) is 0.0625. The van der Waals surface area contributed by atoms with Crippen LogP contribution in [0.4, 0.5) is 5.69 Å². The quantitative estimate of drug-likeness (QED) is 0.836. The molecule has 0 heterocycles. The van der Waals surface area contributed by atoms with E-state index in [0.717, 1.165) is 0 Å². The highest BCUT2D eigenvalue weighted by atomic mass is 35.5. The van der Waals surface area contributed by atoms with E-state index in [1.54, 1.807) is 42.5 Å². The number of nitriles is 1. The van der Waals surface area contributed by atoms with Crippen molar-refractivity contribution in [1.82, 2.24) is 0 Å². The Bertz CT molecular complexity index is 852. The molecule has 7 heteroatoms. The smallest absolute Gasteiger partial charge is 0.272 e. The molecule has 0 amide bonds. The average Bonchev–Trinajstić information content (AvgIpc) is 2.55. The molecule has 5 nitrogen and oxygen atoms in total. The van der Waals surface area contributed by atoms with Crippen molar-refractivity contribution in [2.24, 2.45) is 0 Å². The summed E-state index contributed by atoms with van der Waals surface area (Å²) in [6, 6.07) is 14.5. The second-order valence-electron chi connectivity index (χ2n) is 4.51. The first-order valence-corrected chi connectivity index (χ1v) is 8.35. The van der Waals surface area contributed by atoms with E-state index in [1.165, 1.54) is 25.3 Å². The van der Waals surface area contributed by atoms with E-state index >= 15 is 0 Å². The monoisotopic (exact) mass is 348 g/mol. The molecule has 0 bridgehead atoms. The van der Waals surface area contributed by atoms with E-state index in [0.29, 0.717) is 22.0 Å². The number of sulfonamides is 1. The molecule has 0 saturated carbocycles. The Morgan fingerprint density at radius 3 is 2.30 bits per heavy atom. The summed E-state index contributed by atoms with van der Waals surface area (Å²) in [5.41, 5.74) is 0.897. The molecule has 1 N–H and O–H groups in total. The van der Waals surface area contributed by atoms with Crippen molar-refractivity contribution in [3.8, 4) is 11.8 Å². The van der Waals surface area contributed by atoms with Crippen LogP contribution in [0.15, 0.2) is 53.4 Å². The number of benzene rings is 2. The van der Waals surface area contributed by atoms with Crippen LogP contribution in [0, 0.1) is 11.3 Å². The summed E-state index contributed by atoms with van der Waals surface area (Å²) < 4.78 is 31.9. The first-order valence-electron chi connectivity index (χ1n) is 6.49. The van der Waals surface area contributed by atoms with Crippen LogP contribution in [0.3, 0.4) is 0 Å². The van der Waals surface area contributed by atoms with Crippen molar-refractivity contribution in [2.75, 3.05) is 11.8 Å². The molecule has 118 valence electrons. The summed E-state index contributed by atoms with van der Waals surface area (Å²) in [6.07, 6.45) is 1.29. The van der Waals surface area contributed by atoms with Gasteiger partial charge in [-0.15, -0.1) is 0 Å². The molecular formula is C16H13ClN2O3S. The van der Waals surface area contributed by atoms with Gasteiger partial charge in [-0.1, -0.05) is 23.7 Å². The van der Waals surface area contributed by atoms with E-state index in [9.17, 15) is 8.42 Å². The summed E-state index contributed by atoms with van der Waals surface area (Å²) in [5.74, 6) is 0.641. The first kappa shape index (κ1) is 16.9. The Hall–Kier alpha value is -2.49. The lowest BCUT2D eigenvalue weighted by Gasteiger charge is -2.07. The van der Waals surface area contributed by atoms with Crippen molar-refractivity contribution < 1.29 is 13.2 Å². The predicted octanol–water partition coefficient (Wildman–Crippen LogP) is 3.65. The molecule has 0 fully saturated rings. The molecule has 2 aromatic rings. The largest absolute Gasteiger partial charge is 0.497 e. The first-order chi connectivity index (χ1) is 10.9. The standard InChI is InChI=1S/C16H13ClN2O3S/c1-22-15-8-2-12(3-9-15)10-16(11-18)23(20,21)19-14-6-4-13(17)5-7-14/h2-10,19H,1H3/b16-10-. The summed E-state index contributed by atoms with van der Waals surface area (Å²) in [7, 11) is -2.44. The van der Waals surface area contributed by atoms with E-state index in [-0.39, 0.29) is 0 Å². The van der Waals surface area contributed by atoms with Gasteiger partial charge < -0.3 is 4.74 Å². The summed E-state index contributed by atoms with van der Waals surface area (Å²) >= 11 is 5.75. The number of rotatable bonds is 5. The van der Waals surface area contributed by atoms with Crippen LogP contribution in [0.1, 0.15) is 5.56 Å². The van der Waals surface area contributed by atoms with Gasteiger partial charge in [0.25, 0.3) is 10.0 Å². The Morgan fingerprint density at radius 1 is 1.17 bits per heavy atom. The van der Waals surface area contributed by atoms with Gasteiger partial charge in [0.15, 0.2) is 4.91 Å². The van der Waals surface area contributed by atoms with Gasteiger partial charge in [0, 0.05) is 10.7 Å². The van der Waals surface area contributed by atoms with Crippen LogP contribution in [-0.4, -0.2) is 15.5 Å². The second-order valence-corrected chi connectivity index (χ2v) is 6.59. The molecule has 2 aromatic carbocycles. The highest BCUT2D eigenvalue weighted by Gasteiger charge is 2.17. The number of methoxy groups -OCH3 is 1. The Morgan fingerprint density at radius 2 is 1.78 bits per heavy atom. The molecule has 0 spiro atoms. The Balaban J connectivity index is 2.28. The molecule has 2 rings (SSSR count). The Labute approximate surface area is 139 Å². The van der Waals surface area contributed by atoms with Crippen LogP contribution in [0.2, 0.25) is 5.02 Å². The minimum atomic E-state index is -3.98. The number of allylic oxidation sites excluding steroid dienone is 1. The van der Waals surface area contributed by atoms with Gasteiger partial charge in [-0.2, -0.15) is 5.26 Å². The van der Waals surface area contributed by atoms with Gasteiger partial charge in [-0.05, 0) is 48.0 Å². The predicted molar refractivity (Wildman–Crippen MR) is 90.6 cm³/mol. The van der Waals surface area contributed by atoms with Crippen LogP contribution < -0.4 is 9.46 Å². The number of nitrogens with zero attached hydrogens (tertiary/aromatic N) is 1. The lowest BCUT2D eigenvalue weighted by atomic mass is 10.2. The number of hydrogen-bond acceptors (Lipinski definition) is 4. The zero-order chi connectivity index (χ0) is 16.9. The van der Waals surface area contributed by atoms with Crippen molar-refractivity contribution in [3.63, 3.8) is 0 Å². The van der Waals surface area contributed by atoms with E-state index in [2.05, 4.69) is 4.72 Å². The third kappa shape index (κ3) is 4.49. The highest BCUT2D eigenvalue weighted by molar-refractivity contribution is 7.96. The number of ether oxygens (including phenoxy) is 1. The minimum absolute atomic E-state index is 0.324. The van der Waals surface area contributed by atoms with Crippen molar-refractivity contribution >= 4 is 33.4 Å². The van der Waals surface area contributed by atoms with E-state index < -0.39 is 14.9 Å². The maximum Gasteiger partial charge on any atom is 0.272 e. The molecule has 0 radical (unpaired) electrons. The van der Waals surface area contributed by atoms with Crippen molar-refractivity contribution in [3.05, 3.63) is 64.0 Å². The number of anilines is 1. The zero-order valence-corrected chi connectivity index (χ0v) is 13.7. The number of halogens is 1. The summed E-state index contributed by atoms with van der Waals surface area (Å²) in [4.78, 5) is -0.391. The van der Waals surface area contributed by atoms with E-state index in [4.69, 9.17) is 21.6 Å². The van der Waals surface area contributed by atoms with Crippen LogP contribution in [0.5, 0.6) is 5.75 Å². The lowest BCUT2D eigenvalue weighted by Crippen LogP contribution is -2.14. The molecule has 0 aromatic heterocycles. The van der Waals surface area contributed by atoms with Gasteiger partial charge in [-0.25, -0.2) is 8.42 Å². The average molecular weight is 349 g/mol. The molecule has 0 aliphatic rings. The highest BCUT2D eigenvalue weighted by Crippen LogP contribution is 2.20. The van der Waals surface area contributed by atoms with Gasteiger partial charge >= 0.3 is 0 Å². The SMILES string of the molecule is COc1ccc(/C=C(/C#N)S(=O)(=O)Nc2ccc(Cl)cc2)cc1. The second kappa shape index (κ2) is 7.18. The molecular weight excluding hydrogens is 336 g/mol. The van der Waals surface area contributed by atoms with Crippen molar-refractivity contribution in [1.29, 1.82) is 5.26 Å². The van der Waals surface area contributed by atoms with Gasteiger partial charge in [0.2, 0.25) is 0 Å². The third-order valence-electron chi connectivity index (χ3n) is 2.91. The molecule has 0 aliphatic carbocycles. The molecule has 0 unspecified atom stereocenters. The fourth-order valence-electron chi connectivity index (χ4n) is 1.75. The number of hydrogen-bond donors (Lipinski definition) is 1. The summed E-state index contributed by atoms with van der Waals surface area (Å²) in [5, 5.41) is 9.65. The fourth-order valence-corrected chi connectivity index (χ4v) is 2.84. The van der Waals surface area contributed by atoms with Gasteiger partial charge in [-0.3, -0.25) is 4.72 Å².